The van der Waals surface area contributed by atoms with Crippen molar-refractivity contribution in [2.45, 2.75) is 33.1 Å². The van der Waals surface area contributed by atoms with Gasteiger partial charge in [-0.15, -0.1) is 0 Å². The van der Waals surface area contributed by atoms with E-state index < -0.39 is 0 Å². The molecule has 0 fully saturated rings. The van der Waals surface area contributed by atoms with Gasteiger partial charge in [0.15, 0.2) is 0 Å². The van der Waals surface area contributed by atoms with Gasteiger partial charge >= 0.3 is 0 Å². The minimum atomic E-state index is -0.237. The summed E-state index contributed by atoms with van der Waals surface area (Å²) in [5.41, 5.74) is 3.86. The highest BCUT2D eigenvalue weighted by Crippen LogP contribution is 2.27. The van der Waals surface area contributed by atoms with Crippen LogP contribution in [0.3, 0.4) is 0 Å². The van der Waals surface area contributed by atoms with Crippen molar-refractivity contribution in [2.24, 2.45) is 0 Å². The number of aryl methyl sites for hydroxylation is 1. The summed E-state index contributed by atoms with van der Waals surface area (Å²) in [7, 11) is 1.81. The molecule has 1 heterocycles. The Labute approximate surface area is 154 Å². The van der Waals surface area contributed by atoms with Gasteiger partial charge in [0.1, 0.15) is 11.6 Å². The topological polar surface area (TPSA) is 54.0 Å². The molecule has 26 heavy (non-hydrogen) atoms. The van der Waals surface area contributed by atoms with Crippen LogP contribution in [0.15, 0.2) is 42.6 Å². The summed E-state index contributed by atoms with van der Waals surface area (Å²) in [5.74, 6) is 0.218. The van der Waals surface area contributed by atoms with Crippen molar-refractivity contribution >= 4 is 17.3 Å². The van der Waals surface area contributed by atoms with Crippen LogP contribution in [0.25, 0.3) is 5.57 Å². The molecule has 0 bridgehead atoms. The number of benzene rings is 1. The first-order valence-electron chi connectivity index (χ1n) is 8.92. The number of hydrogen-bond donors (Lipinski definition) is 2. The number of nitrogens with one attached hydrogen (secondary N) is 2. The predicted molar refractivity (Wildman–Crippen MR) is 105 cm³/mol. The molecule has 0 atom stereocenters. The first kappa shape index (κ1) is 19.8. The monoisotopic (exact) mass is 355 g/mol. The Morgan fingerprint density at radius 2 is 2.08 bits per heavy atom. The van der Waals surface area contributed by atoms with Crippen molar-refractivity contribution in [3.8, 4) is 0 Å². The van der Waals surface area contributed by atoms with Gasteiger partial charge in [0.25, 0.3) is 0 Å². The Bertz CT molecular complexity index is 769. The van der Waals surface area contributed by atoms with Gasteiger partial charge in [-0.05, 0) is 61.4 Å². The van der Waals surface area contributed by atoms with Gasteiger partial charge in [-0.3, -0.25) is 4.79 Å². The average molecular weight is 355 g/mol. The van der Waals surface area contributed by atoms with Crippen molar-refractivity contribution < 1.29 is 9.18 Å². The molecule has 1 aromatic carbocycles. The zero-order chi connectivity index (χ0) is 18.9. The summed E-state index contributed by atoms with van der Waals surface area (Å²) in [6.07, 6.45) is 6.25. The summed E-state index contributed by atoms with van der Waals surface area (Å²) in [5, 5.41) is 5.73. The average Bonchev–Trinajstić information content (AvgIpc) is 2.63. The summed E-state index contributed by atoms with van der Waals surface area (Å²) in [6, 6.07) is 8.56. The highest BCUT2D eigenvalue weighted by Gasteiger charge is 2.10. The number of aromatic nitrogens is 1. The van der Waals surface area contributed by atoms with Gasteiger partial charge in [0.05, 0.1) is 0 Å². The molecular weight excluding hydrogens is 329 g/mol. The number of carbonyl (C=O) groups excluding carboxylic acids is 1. The molecule has 138 valence electrons. The first-order chi connectivity index (χ1) is 12.5. The number of anilines is 1. The molecule has 0 unspecified atom stereocenters. The van der Waals surface area contributed by atoms with Crippen molar-refractivity contribution in [1.29, 1.82) is 0 Å². The molecule has 0 aliphatic carbocycles. The molecule has 0 radical (unpaired) electrons. The predicted octanol–water partition coefficient (Wildman–Crippen LogP) is 4.31. The fourth-order valence-electron chi connectivity index (χ4n) is 2.67. The van der Waals surface area contributed by atoms with E-state index >= 15 is 0 Å². The molecule has 4 nitrogen and oxygen atoms in total. The van der Waals surface area contributed by atoms with Crippen LogP contribution in [0.5, 0.6) is 0 Å². The van der Waals surface area contributed by atoms with Gasteiger partial charge in [-0.25, -0.2) is 9.37 Å². The zero-order valence-electron chi connectivity index (χ0n) is 15.6. The van der Waals surface area contributed by atoms with Gasteiger partial charge in [-0.1, -0.05) is 25.5 Å². The number of rotatable bonds is 8. The Morgan fingerprint density at radius 1 is 1.27 bits per heavy atom. The second-order valence-electron chi connectivity index (χ2n) is 6.20. The maximum absolute atomic E-state index is 13.5. The number of pyridine rings is 1. The lowest BCUT2D eigenvalue weighted by Crippen LogP contribution is -2.19. The van der Waals surface area contributed by atoms with Crippen molar-refractivity contribution in [3.05, 3.63) is 65.1 Å². The lowest BCUT2D eigenvalue weighted by atomic mass is 9.94. The third kappa shape index (κ3) is 5.49. The van der Waals surface area contributed by atoms with E-state index in [-0.39, 0.29) is 11.7 Å². The molecule has 2 rings (SSSR count). The lowest BCUT2D eigenvalue weighted by Gasteiger charge is -2.12. The normalized spacial score (nSPS) is 11.5. The molecule has 2 N–H and O–H groups in total. The maximum atomic E-state index is 13.5. The number of allylic oxidation sites excluding steroid dienone is 1. The van der Waals surface area contributed by atoms with Crippen LogP contribution in [0.1, 0.15) is 42.9 Å². The number of hydrogen-bond acceptors (Lipinski definition) is 3. The molecule has 0 saturated heterocycles. The number of halogens is 1. The van der Waals surface area contributed by atoms with Crippen LogP contribution >= 0.6 is 0 Å². The fraction of sp³-hybridized carbons (Fsp3) is 0.333. The first-order valence-corrected chi connectivity index (χ1v) is 8.92. The minimum absolute atomic E-state index is 0.0734. The van der Waals surface area contributed by atoms with Crippen LogP contribution in [0.4, 0.5) is 10.2 Å². The van der Waals surface area contributed by atoms with Crippen molar-refractivity contribution in [1.82, 2.24) is 10.3 Å². The van der Waals surface area contributed by atoms with Crippen LogP contribution in [-0.2, 0) is 4.79 Å². The Hall–Kier alpha value is -2.53. The van der Waals surface area contributed by atoms with Gasteiger partial charge < -0.3 is 10.6 Å². The van der Waals surface area contributed by atoms with E-state index in [9.17, 15) is 9.18 Å². The third-order valence-electron chi connectivity index (χ3n) is 4.06. The van der Waals surface area contributed by atoms with E-state index in [0.717, 1.165) is 35.1 Å². The number of amides is 1. The van der Waals surface area contributed by atoms with Gasteiger partial charge in [0.2, 0.25) is 5.91 Å². The molecule has 0 aliphatic rings. The molecular formula is C21H26FN3O. The van der Waals surface area contributed by atoms with Crippen LogP contribution in [-0.4, -0.2) is 24.5 Å². The van der Waals surface area contributed by atoms with Gasteiger partial charge in [-0.2, -0.15) is 0 Å². The summed E-state index contributed by atoms with van der Waals surface area (Å²) in [4.78, 5) is 16.2. The summed E-state index contributed by atoms with van der Waals surface area (Å²) >= 11 is 0. The summed E-state index contributed by atoms with van der Waals surface area (Å²) in [6.45, 7) is 4.65. The quantitative estimate of drug-likeness (QED) is 0.742. The Morgan fingerprint density at radius 3 is 2.69 bits per heavy atom. The molecule has 1 amide bonds. The van der Waals surface area contributed by atoms with Crippen molar-refractivity contribution in [3.63, 3.8) is 0 Å². The SMILES string of the molecule is CCCC=C(c1ccc(NC(=O)CCNC)nc1)c1ccc(F)cc1C. The summed E-state index contributed by atoms with van der Waals surface area (Å²) < 4.78 is 13.5. The molecule has 0 spiro atoms. The highest BCUT2D eigenvalue weighted by molar-refractivity contribution is 5.90. The van der Waals surface area contributed by atoms with E-state index in [4.69, 9.17) is 0 Å². The van der Waals surface area contributed by atoms with Crippen LogP contribution in [0.2, 0.25) is 0 Å². The highest BCUT2D eigenvalue weighted by atomic mass is 19.1. The molecule has 2 aromatic rings. The van der Waals surface area contributed by atoms with Crippen LogP contribution < -0.4 is 10.6 Å². The van der Waals surface area contributed by atoms with E-state index in [1.807, 2.05) is 20.0 Å². The molecule has 0 saturated carbocycles. The molecule has 1 aromatic heterocycles. The lowest BCUT2D eigenvalue weighted by molar-refractivity contribution is -0.116. The Balaban J connectivity index is 2.25. The standard InChI is InChI=1S/C21H26FN3O/c1-4-5-6-19(18-9-8-17(22)13-15(18)2)16-7-10-20(24-14-16)25-21(26)11-12-23-3/h6-10,13-14,23H,4-5,11-12H2,1-3H3,(H,24,25,26). The Kier molecular flexibility index (Phi) is 7.48. The fourth-order valence-corrected chi connectivity index (χ4v) is 2.67. The molecule has 5 heteroatoms. The number of carbonyl (C=O) groups is 1. The largest absolute Gasteiger partial charge is 0.319 e. The zero-order valence-corrected chi connectivity index (χ0v) is 15.6. The third-order valence-corrected chi connectivity index (χ3v) is 4.06. The van der Waals surface area contributed by atoms with Crippen LogP contribution in [0, 0.1) is 12.7 Å². The maximum Gasteiger partial charge on any atom is 0.226 e. The van der Waals surface area contributed by atoms with E-state index in [2.05, 4.69) is 28.6 Å². The van der Waals surface area contributed by atoms with E-state index in [1.54, 1.807) is 24.4 Å². The van der Waals surface area contributed by atoms with E-state index in [1.165, 1.54) is 6.07 Å². The van der Waals surface area contributed by atoms with Gasteiger partial charge in [0, 0.05) is 24.7 Å². The smallest absolute Gasteiger partial charge is 0.226 e. The minimum Gasteiger partial charge on any atom is -0.319 e. The number of unbranched alkanes of at least 4 members (excludes halogenated alkanes) is 1. The molecule has 0 aliphatic heterocycles. The second kappa shape index (κ2) is 9.82. The van der Waals surface area contributed by atoms with Crippen molar-refractivity contribution in [2.75, 3.05) is 18.9 Å². The van der Waals surface area contributed by atoms with E-state index in [0.29, 0.717) is 18.8 Å². The second-order valence-corrected chi connectivity index (χ2v) is 6.20. The number of nitrogens with zero attached hydrogens (tertiary/aromatic N) is 1.